The molecule has 0 fully saturated rings. The monoisotopic (exact) mass is 328 g/mol. The molecule has 0 saturated heterocycles. The molecule has 0 atom stereocenters. The summed E-state index contributed by atoms with van der Waals surface area (Å²) in [6.07, 6.45) is 0. The number of benzene rings is 2. The fourth-order valence-electron chi connectivity index (χ4n) is 2.93. The van der Waals surface area contributed by atoms with Crippen molar-refractivity contribution in [3.05, 3.63) is 64.1 Å². The van der Waals surface area contributed by atoms with Gasteiger partial charge in [-0.25, -0.2) is 0 Å². The molecule has 0 spiro atoms. The third kappa shape index (κ3) is 2.12. The van der Waals surface area contributed by atoms with Gasteiger partial charge in [-0.1, -0.05) is 46.3 Å². The smallest absolute Gasteiger partial charge is 0.195 e. The van der Waals surface area contributed by atoms with Crippen molar-refractivity contribution in [1.82, 2.24) is 0 Å². The standard InChI is InChI=1S/C18H19BrN/c1-13-18(2,3)16-6-4-5-7-17(16)20(13)12-14-8-10-15(19)11-9-14/h4-11H,12H2,1-3H3/q+1. The number of para-hydroxylation sites is 1. The Hall–Kier alpha value is -1.41. The highest BCUT2D eigenvalue weighted by Crippen LogP contribution is 2.39. The predicted molar refractivity (Wildman–Crippen MR) is 87.9 cm³/mol. The molecular weight excluding hydrogens is 310 g/mol. The molecule has 0 bridgehead atoms. The first kappa shape index (κ1) is 13.6. The van der Waals surface area contributed by atoms with Gasteiger partial charge >= 0.3 is 0 Å². The van der Waals surface area contributed by atoms with Crippen LogP contribution in [0.2, 0.25) is 0 Å². The molecule has 1 aliphatic rings. The molecule has 20 heavy (non-hydrogen) atoms. The molecule has 1 heterocycles. The van der Waals surface area contributed by atoms with Gasteiger partial charge in [0, 0.05) is 28.6 Å². The maximum Gasteiger partial charge on any atom is 0.209 e. The Kier molecular flexibility index (Phi) is 3.29. The second-order valence-electron chi connectivity index (χ2n) is 5.94. The molecule has 102 valence electrons. The van der Waals surface area contributed by atoms with Gasteiger partial charge in [0.1, 0.15) is 0 Å². The van der Waals surface area contributed by atoms with Gasteiger partial charge in [-0.15, -0.1) is 0 Å². The average Bonchev–Trinajstić information content (AvgIpc) is 2.63. The van der Waals surface area contributed by atoms with Crippen LogP contribution in [0.25, 0.3) is 0 Å². The third-order valence-corrected chi connectivity index (χ3v) is 4.96. The minimum atomic E-state index is 0.117. The van der Waals surface area contributed by atoms with E-state index in [1.54, 1.807) is 0 Å². The lowest BCUT2D eigenvalue weighted by Crippen LogP contribution is -2.26. The van der Waals surface area contributed by atoms with Crippen LogP contribution in [-0.4, -0.2) is 10.3 Å². The van der Waals surface area contributed by atoms with Crippen LogP contribution in [0.15, 0.2) is 53.0 Å². The van der Waals surface area contributed by atoms with Gasteiger partial charge in [0.25, 0.3) is 0 Å². The van der Waals surface area contributed by atoms with Gasteiger partial charge in [-0.05, 0) is 26.0 Å². The fourth-order valence-corrected chi connectivity index (χ4v) is 3.19. The third-order valence-electron chi connectivity index (χ3n) is 4.43. The van der Waals surface area contributed by atoms with E-state index < -0.39 is 0 Å². The molecule has 2 aromatic rings. The lowest BCUT2D eigenvalue weighted by molar-refractivity contribution is -0.456. The van der Waals surface area contributed by atoms with Crippen LogP contribution in [0.1, 0.15) is 31.9 Å². The van der Waals surface area contributed by atoms with Crippen molar-refractivity contribution in [2.24, 2.45) is 0 Å². The minimum Gasteiger partial charge on any atom is -0.195 e. The van der Waals surface area contributed by atoms with Crippen molar-refractivity contribution in [2.45, 2.75) is 32.7 Å². The van der Waals surface area contributed by atoms with Gasteiger partial charge < -0.3 is 0 Å². The summed E-state index contributed by atoms with van der Waals surface area (Å²) < 4.78 is 3.57. The first-order valence-electron chi connectivity index (χ1n) is 6.95. The summed E-state index contributed by atoms with van der Waals surface area (Å²) in [5.41, 5.74) is 5.64. The van der Waals surface area contributed by atoms with E-state index in [0.717, 1.165) is 11.0 Å². The molecule has 0 amide bonds. The van der Waals surface area contributed by atoms with Crippen molar-refractivity contribution in [3.63, 3.8) is 0 Å². The Morgan fingerprint density at radius 2 is 1.65 bits per heavy atom. The molecule has 0 saturated carbocycles. The zero-order valence-corrected chi connectivity index (χ0v) is 13.7. The molecule has 0 N–H and O–H groups in total. The minimum absolute atomic E-state index is 0.117. The Morgan fingerprint density at radius 1 is 1.00 bits per heavy atom. The summed E-state index contributed by atoms with van der Waals surface area (Å²) in [5, 5.41) is 0. The van der Waals surface area contributed by atoms with Gasteiger partial charge in [0.05, 0.1) is 5.41 Å². The molecule has 2 heteroatoms. The second-order valence-corrected chi connectivity index (χ2v) is 6.86. The SMILES string of the molecule is CC1=[N+](Cc2ccc(Br)cc2)c2ccccc2C1(C)C. The lowest BCUT2D eigenvalue weighted by atomic mass is 9.82. The molecule has 2 aromatic carbocycles. The maximum atomic E-state index is 3.50. The highest BCUT2D eigenvalue weighted by Gasteiger charge is 2.42. The van der Waals surface area contributed by atoms with E-state index in [9.17, 15) is 0 Å². The summed E-state index contributed by atoms with van der Waals surface area (Å²) in [5.74, 6) is 0. The van der Waals surface area contributed by atoms with Gasteiger partial charge in [-0.3, -0.25) is 0 Å². The summed E-state index contributed by atoms with van der Waals surface area (Å²) in [4.78, 5) is 0. The van der Waals surface area contributed by atoms with E-state index in [1.165, 1.54) is 22.5 Å². The van der Waals surface area contributed by atoms with Crippen molar-refractivity contribution in [1.29, 1.82) is 0 Å². The van der Waals surface area contributed by atoms with Crippen LogP contribution < -0.4 is 0 Å². The molecule has 0 radical (unpaired) electrons. The van der Waals surface area contributed by atoms with Crippen LogP contribution >= 0.6 is 15.9 Å². The van der Waals surface area contributed by atoms with Crippen LogP contribution in [0.3, 0.4) is 0 Å². The van der Waals surface area contributed by atoms with Crippen LogP contribution in [0, 0.1) is 0 Å². The maximum absolute atomic E-state index is 3.50. The number of halogens is 1. The summed E-state index contributed by atoms with van der Waals surface area (Å²) in [7, 11) is 0. The zero-order valence-electron chi connectivity index (χ0n) is 12.2. The predicted octanol–water partition coefficient (Wildman–Crippen LogP) is 5.05. The van der Waals surface area contributed by atoms with E-state index in [2.05, 4.69) is 89.8 Å². The van der Waals surface area contributed by atoms with E-state index in [-0.39, 0.29) is 5.41 Å². The Bertz CT molecular complexity index is 681. The molecule has 1 aliphatic heterocycles. The first-order valence-corrected chi connectivity index (χ1v) is 7.75. The van der Waals surface area contributed by atoms with E-state index >= 15 is 0 Å². The highest BCUT2D eigenvalue weighted by molar-refractivity contribution is 9.10. The molecule has 1 nitrogen and oxygen atoms in total. The van der Waals surface area contributed by atoms with Crippen LogP contribution in [-0.2, 0) is 12.0 Å². The quantitative estimate of drug-likeness (QED) is 0.679. The van der Waals surface area contributed by atoms with Gasteiger partial charge in [0.15, 0.2) is 12.3 Å². The van der Waals surface area contributed by atoms with Crippen molar-refractivity contribution in [2.75, 3.05) is 0 Å². The number of hydrogen-bond acceptors (Lipinski definition) is 0. The van der Waals surface area contributed by atoms with Crippen LogP contribution in [0.5, 0.6) is 0 Å². The van der Waals surface area contributed by atoms with Gasteiger partial charge in [-0.2, -0.15) is 4.58 Å². The Labute approximate surface area is 129 Å². The molecule has 0 aromatic heterocycles. The van der Waals surface area contributed by atoms with Gasteiger partial charge in [0.2, 0.25) is 5.69 Å². The molecule has 0 unspecified atom stereocenters. The highest BCUT2D eigenvalue weighted by atomic mass is 79.9. The summed E-state index contributed by atoms with van der Waals surface area (Å²) >= 11 is 3.50. The average molecular weight is 329 g/mol. The normalized spacial score (nSPS) is 16.4. The molecular formula is C18H19BrN+. The number of rotatable bonds is 2. The summed E-state index contributed by atoms with van der Waals surface area (Å²) in [6.45, 7) is 7.80. The number of hydrogen-bond donors (Lipinski definition) is 0. The topological polar surface area (TPSA) is 3.01 Å². The largest absolute Gasteiger partial charge is 0.209 e. The first-order chi connectivity index (χ1) is 9.50. The number of nitrogens with zero attached hydrogens (tertiary/aromatic N) is 1. The summed E-state index contributed by atoms with van der Waals surface area (Å²) in [6, 6.07) is 17.3. The lowest BCUT2D eigenvalue weighted by Gasteiger charge is -2.14. The Balaban J connectivity index is 2.04. The van der Waals surface area contributed by atoms with E-state index in [1.807, 2.05) is 0 Å². The van der Waals surface area contributed by atoms with E-state index in [4.69, 9.17) is 0 Å². The van der Waals surface area contributed by atoms with Crippen LogP contribution in [0.4, 0.5) is 5.69 Å². The second kappa shape index (κ2) is 4.85. The zero-order chi connectivity index (χ0) is 14.3. The fraction of sp³-hybridized carbons (Fsp3) is 0.278. The molecule has 0 aliphatic carbocycles. The van der Waals surface area contributed by atoms with Crippen molar-refractivity contribution < 1.29 is 4.58 Å². The molecule has 3 rings (SSSR count). The Morgan fingerprint density at radius 3 is 2.35 bits per heavy atom. The number of fused-ring (bicyclic) bond motifs is 1. The van der Waals surface area contributed by atoms with Crippen molar-refractivity contribution >= 4 is 27.3 Å². The van der Waals surface area contributed by atoms with Crippen molar-refractivity contribution in [3.8, 4) is 0 Å². The van der Waals surface area contributed by atoms with E-state index in [0.29, 0.717) is 0 Å².